The molecule has 0 saturated heterocycles. The molecule has 2 aromatic carbocycles. The van der Waals surface area contributed by atoms with Gasteiger partial charge in [-0.15, -0.1) is 6.42 Å². The molecule has 0 aliphatic carbocycles. The van der Waals surface area contributed by atoms with Crippen molar-refractivity contribution in [1.29, 1.82) is 0 Å². The van der Waals surface area contributed by atoms with Crippen molar-refractivity contribution >= 4 is 20.8 Å². The Hall–Kier alpha value is -1.83. The zero-order chi connectivity index (χ0) is 12.3. The normalized spacial score (nSPS) is 11.2. The van der Waals surface area contributed by atoms with E-state index in [1.807, 2.05) is 24.3 Å². The third-order valence-corrected chi connectivity index (χ3v) is 3.86. The molecule has 0 saturated carbocycles. The summed E-state index contributed by atoms with van der Waals surface area (Å²) in [6.07, 6.45) is 5.05. The predicted molar refractivity (Wildman–Crippen MR) is 68.0 cm³/mol. The number of hydrogen-bond donors (Lipinski definition) is 1. The monoisotopic (exact) mass is 245 g/mol. The molecule has 0 radical (unpaired) electrons. The third-order valence-electron chi connectivity index (χ3n) is 2.40. The van der Waals surface area contributed by atoms with Gasteiger partial charge in [0.1, 0.15) is 0 Å². The van der Waals surface area contributed by atoms with Crippen LogP contribution in [0.5, 0.6) is 0 Å². The van der Waals surface area contributed by atoms with Crippen molar-refractivity contribution in [3.63, 3.8) is 0 Å². The molecule has 2 rings (SSSR count). The molecule has 86 valence electrons. The second-order valence-corrected chi connectivity index (χ2v) is 5.24. The smallest absolute Gasteiger partial charge is 0.207 e. The maximum absolute atomic E-state index is 12.0. The zero-order valence-corrected chi connectivity index (χ0v) is 9.87. The lowest BCUT2D eigenvalue weighted by Crippen LogP contribution is -2.24. The first-order valence-corrected chi connectivity index (χ1v) is 6.54. The van der Waals surface area contributed by atoms with Crippen molar-refractivity contribution in [1.82, 2.24) is 4.72 Å². The highest BCUT2D eigenvalue weighted by atomic mass is 32.2. The summed E-state index contributed by atoms with van der Waals surface area (Å²) < 4.78 is 26.3. The summed E-state index contributed by atoms with van der Waals surface area (Å²) in [7, 11) is -3.54. The summed E-state index contributed by atoms with van der Waals surface area (Å²) in [6.45, 7) is -0.00838. The Morgan fingerprint density at radius 2 is 1.82 bits per heavy atom. The van der Waals surface area contributed by atoms with Crippen molar-refractivity contribution in [2.75, 3.05) is 6.54 Å². The van der Waals surface area contributed by atoms with Gasteiger partial charge in [-0.1, -0.05) is 42.3 Å². The summed E-state index contributed by atoms with van der Waals surface area (Å²) in [5.74, 6) is 2.25. The van der Waals surface area contributed by atoms with Crippen LogP contribution in [0.4, 0.5) is 0 Å². The standard InChI is InChI=1S/C13H11NO2S/c1-2-10-14-17(15,16)13-9-5-7-11-6-3-4-8-12(11)13/h1,3-9,14H,10H2. The van der Waals surface area contributed by atoms with E-state index in [2.05, 4.69) is 10.6 Å². The van der Waals surface area contributed by atoms with Crippen LogP contribution in [0.2, 0.25) is 0 Å². The fourth-order valence-corrected chi connectivity index (χ4v) is 2.81. The largest absolute Gasteiger partial charge is 0.242 e. The quantitative estimate of drug-likeness (QED) is 0.837. The Morgan fingerprint density at radius 3 is 2.59 bits per heavy atom. The van der Waals surface area contributed by atoms with Gasteiger partial charge in [-0.3, -0.25) is 0 Å². The van der Waals surface area contributed by atoms with E-state index in [1.165, 1.54) is 0 Å². The van der Waals surface area contributed by atoms with Crippen molar-refractivity contribution in [2.24, 2.45) is 0 Å². The van der Waals surface area contributed by atoms with Crippen LogP contribution in [0.15, 0.2) is 47.4 Å². The Labute approximate surface area is 101 Å². The van der Waals surface area contributed by atoms with E-state index in [9.17, 15) is 8.42 Å². The zero-order valence-electron chi connectivity index (χ0n) is 9.05. The molecule has 0 aliphatic heterocycles. The van der Waals surface area contributed by atoms with Gasteiger partial charge in [0.25, 0.3) is 0 Å². The first-order chi connectivity index (χ1) is 8.15. The minimum atomic E-state index is -3.54. The van der Waals surface area contributed by atoms with Gasteiger partial charge in [0.05, 0.1) is 11.4 Å². The maximum Gasteiger partial charge on any atom is 0.242 e. The van der Waals surface area contributed by atoms with Crippen LogP contribution in [0.25, 0.3) is 10.8 Å². The van der Waals surface area contributed by atoms with Gasteiger partial charge >= 0.3 is 0 Å². The first kappa shape index (κ1) is 11.6. The molecule has 0 aliphatic rings. The van der Waals surface area contributed by atoms with Crippen molar-refractivity contribution in [3.05, 3.63) is 42.5 Å². The summed E-state index contributed by atoms with van der Waals surface area (Å²) >= 11 is 0. The molecule has 17 heavy (non-hydrogen) atoms. The van der Waals surface area contributed by atoms with Crippen LogP contribution >= 0.6 is 0 Å². The molecule has 0 spiro atoms. The first-order valence-electron chi connectivity index (χ1n) is 5.06. The Balaban J connectivity index is 2.60. The molecule has 0 unspecified atom stereocenters. The van der Waals surface area contributed by atoms with Gasteiger partial charge in [-0.25, -0.2) is 8.42 Å². The average Bonchev–Trinajstić information content (AvgIpc) is 2.36. The van der Waals surface area contributed by atoms with Crippen LogP contribution in [0, 0.1) is 12.3 Å². The lowest BCUT2D eigenvalue weighted by molar-refractivity contribution is 0.587. The molecule has 0 bridgehead atoms. The van der Waals surface area contributed by atoms with Gasteiger partial charge in [0.2, 0.25) is 10.0 Å². The minimum absolute atomic E-state index is 0.00838. The molecule has 0 amide bonds. The van der Waals surface area contributed by atoms with E-state index in [0.717, 1.165) is 5.39 Å². The highest BCUT2D eigenvalue weighted by molar-refractivity contribution is 7.89. The van der Waals surface area contributed by atoms with E-state index < -0.39 is 10.0 Å². The molecule has 3 nitrogen and oxygen atoms in total. The number of rotatable bonds is 3. The summed E-state index contributed by atoms with van der Waals surface area (Å²) in [5.41, 5.74) is 0. The molecule has 2 aromatic rings. The number of hydrogen-bond acceptors (Lipinski definition) is 2. The number of terminal acetylenes is 1. The lowest BCUT2D eigenvalue weighted by Gasteiger charge is -2.07. The molecule has 0 atom stereocenters. The fraction of sp³-hybridized carbons (Fsp3) is 0.0769. The third kappa shape index (κ3) is 2.31. The van der Waals surface area contributed by atoms with Crippen LogP contribution in [0.3, 0.4) is 0 Å². The minimum Gasteiger partial charge on any atom is -0.207 e. The second kappa shape index (κ2) is 4.58. The summed E-state index contributed by atoms with van der Waals surface area (Å²) in [4.78, 5) is 0.255. The molecular formula is C13H11NO2S. The summed E-state index contributed by atoms with van der Waals surface area (Å²) in [5, 5.41) is 1.58. The lowest BCUT2D eigenvalue weighted by atomic mass is 10.1. The fourth-order valence-electron chi connectivity index (χ4n) is 1.64. The SMILES string of the molecule is C#CCNS(=O)(=O)c1cccc2ccccc12. The summed E-state index contributed by atoms with van der Waals surface area (Å²) in [6, 6.07) is 12.5. The van der Waals surface area contributed by atoms with Crippen LogP contribution < -0.4 is 4.72 Å². The number of sulfonamides is 1. The van der Waals surface area contributed by atoms with Gasteiger partial charge in [0.15, 0.2) is 0 Å². The van der Waals surface area contributed by atoms with Crippen LogP contribution in [-0.2, 0) is 10.0 Å². The molecule has 0 aromatic heterocycles. The maximum atomic E-state index is 12.0. The molecule has 0 heterocycles. The highest BCUT2D eigenvalue weighted by Crippen LogP contribution is 2.22. The van der Waals surface area contributed by atoms with Gasteiger partial charge in [-0.2, -0.15) is 4.72 Å². The molecule has 4 heteroatoms. The van der Waals surface area contributed by atoms with Crippen molar-refractivity contribution in [2.45, 2.75) is 4.90 Å². The average molecular weight is 245 g/mol. The van der Waals surface area contributed by atoms with E-state index in [4.69, 9.17) is 6.42 Å². The van der Waals surface area contributed by atoms with Crippen LogP contribution in [0.1, 0.15) is 0 Å². The molecule has 1 N–H and O–H groups in total. The van der Waals surface area contributed by atoms with E-state index in [0.29, 0.717) is 5.39 Å². The van der Waals surface area contributed by atoms with E-state index >= 15 is 0 Å². The van der Waals surface area contributed by atoms with E-state index in [-0.39, 0.29) is 11.4 Å². The van der Waals surface area contributed by atoms with Crippen LogP contribution in [-0.4, -0.2) is 15.0 Å². The predicted octanol–water partition coefficient (Wildman–Crippen LogP) is 1.75. The highest BCUT2D eigenvalue weighted by Gasteiger charge is 2.15. The Morgan fingerprint density at radius 1 is 1.12 bits per heavy atom. The van der Waals surface area contributed by atoms with E-state index in [1.54, 1.807) is 18.2 Å². The second-order valence-electron chi connectivity index (χ2n) is 3.51. The molecule has 0 fully saturated rings. The molecular weight excluding hydrogens is 234 g/mol. The Kier molecular flexibility index (Phi) is 3.14. The number of fused-ring (bicyclic) bond motifs is 1. The van der Waals surface area contributed by atoms with Gasteiger partial charge < -0.3 is 0 Å². The van der Waals surface area contributed by atoms with Gasteiger partial charge in [0, 0.05) is 5.39 Å². The van der Waals surface area contributed by atoms with Crippen molar-refractivity contribution in [3.8, 4) is 12.3 Å². The van der Waals surface area contributed by atoms with Gasteiger partial charge in [-0.05, 0) is 11.5 Å². The van der Waals surface area contributed by atoms with Crippen molar-refractivity contribution < 1.29 is 8.42 Å². The topological polar surface area (TPSA) is 46.2 Å². The number of benzene rings is 2. The number of nitrogens with one attached hydrogen (secondary N) is 1. The Bertz CT molecular complexity index is 679.